The van der Waals surface area contributed by atoms with Crippen LogP contribution in [-0.2, 0) is 16.4 Å². The average Bonchev–Trinajstić information content (AvgIpc) is 3.51. The van der Waals surface area contributed by atoms with Gasteiger partial charge in [-0.05, 0) is 37.9 Å². The van der Waals surface area contributed by atoms with Crippen molar-refractivity contribution in [3.8, 4) is 16.9 Å². The number of sulfonamides is 1. The second-order valence-electron chi connectivity index (χ2n) is 8.68. The topological polar surface area (TPSA) is 79.5 Å². The van der Waals surface area contributed by atoms with Crippen LogP contribution in [0.3, 0.4) is 0 Å². The molecule has 0 bridgehead atoms. The van der Waals surface area contributed by atoms with E-state index in [1.54, 1.807) is 36.4 Å². The van der Waals surface area contributed by atoms with E-state index in [1.807, 2.05) is 13.1 Å². The molecule has 3 N–H and O–H groups in total. The molecule has 0 aromatic heterocycles. The maximum absolute atomic E-state index is 15.6. The second kappa shape index (κ2) is 9.61. The number of hydrogen-bond acceptors (Lipinski definition) is 5. The number of para-hydroxylation sites is 1. The summed E-state index contributed by atoms with van der Waals surface area (Å²) in [5, 5.41) is 6.23. The molecule has 2 aromatic carbocycles. The molecule has 0 unspecified atom stereocenters. The molecule has 1 saturated heterocycles. The number of rotatable bonds is 10. The van der Waals surface area contributed by atoms with Gasteiger partial charge in [0, 0.05) is 41.7 Å². The molecule has 0 amide bonds. The van der Waals surface area contributed by atoms with E-state index in [9.17, 15) is 17.2 Å². The predicted octanol–water partition coefficient (Wildman–Crippen LogP) is 2.90. The van der Waals surface area contributed by atoms with Crippen LogP contribution in [0, 0.1) is 11.2 Å². The summed E-state index contributed by atoms with van der Waals surface area (Å²) in [7, 11) is -2.94. The van der Waals surface area contributed by atoms with Crippen molar-refractivity contribution in [2.75, 3.05) is 26.7 Å². The summed E-state index contributed by atoms with van der Waals surface area (Å²) >= 11 is 0. The lowest BCUT2D eigenvalue weighted by Crippen LogP contribution is -2.49. The van der Waals surface area contributed by atoms with Crippen LogP contribution in [0.15, 0.2) is 42.5 Å². The zero-order valence-corrected chi connectivity index (χ0v) is 19.1. The average molecular weight is 484 g/mol. The van der Waals surface area contributed by atoms with Gasteiger partial charge in [0.25, 0.3) is 10.0 Å². The standard InChI is InChI=1S/C23H28F3N3O3S/c1-27-11-12-32-19-8-3-2-6-16(19)17-7-4-5-15(20(17)24)13-18-21(23(9-10-23)14-28-18)29-33(30,31)22(25)26/h2-8,18,21-22,27-29H,9-14H2,1H3/t18-,21+/m0/s1. The first-order valence-corrected chi connectivity index (χ1v) is 12.5. The van der Waals surface area contributed by atoms with E-state index >= 15 is 4.39 Å². The molecule has 1 aliphatic carbocycles. The number of alkyl halides is 2. The zero-order chi connectivity index (χ0) is 23.6. The highest BCUT2D eigenvalue weighted by atomic mass is 32.2. The Morgan fingerprint density at radius 1 is 1.15 bits per heavy atom. The molecular weight excluding hydrogens is 455 g/mol. The lowest BCUT2D eigenvalue weighted by molar-refractivity contribution is 0.229. The van der Waals surface area contributed by atoms with Gasteiger partial charge >= 0.3 is 5.76 Å². The van der Waals surface area contributed by atoms with Crippen LogP contribution < -0.4 is 20.1 Å². The Balaban J connectivity index is 1.59. The Hall–Kier alpha value is -2.14. The number of halogens is 3. The van der Waals surface area contributed by atoms with E-state index in [2.05, 4.69) is 15.4 Å². The van der Waals surface area contributed by atoms with Crippen LogP contribution in [0.1, 0.15) is 18.4 Å². The lowest BCUT2D eigenvalue weighted by Gasteiger charge is -2.25. The Morgan fingerprint density at radius 2 is 1.88 bits per heavy atom. The third-order valence-corrected chi connectivity index (χ3v) is 7.55. The van der Waals surface area contributed by atoms with Gasteiger partial charge in [-0.3, -0.25) is 0 Å². The summed E-state index contributed by atoms with van der Waals surface area (Å²) in [5.74, 6) is -3.38. The lowest BCUT2D eigenvalue weighted by atomic mass is 9.91. The SMILES string of the molecule is CNCCOc1ccccc1-c1cccc(C[C@@H]2NCC3(CC3)[C@@H]2NS(=O)(=O)C(F)F)c1F. The van der Waals surface area contributed by atoms with Crippen molar-refractivity contribution < 1.29 is 26.3 Å². The third-order valence-electron chi connectivity index (χ3n) is 6.50. The maximum Gasteiger partial charge on any atom is 0.350 e. The Kier molecular flexibility index (Phi) is 6.99. The fourth-order valence-corrected chi connectivity index (χ4v) is 5.39. The van der Waals surface area contributed by atoms with Gasteiger partial charge in [0.15, 0.2) is 0 Å². The van der Waals surface area contributed by atoms with Crippen LogP contribution in [0.2, 0.25) is 0 Å². The van der Waals surface area contributed by atoms with Crippen LogP contribution in [-0.4, -0.2) is 53.0 Å². The molecule has 180 valence electrons. The van der Waals surface area contributed by atoms with Gasteiger partial charge < -0.3 is 15.4 Å². The van der Waals surface area contributed by atoms with E-state index in [0.29, 0.717) is 42.1 Å². The van der Waals surface area contributed by atoms with Crippen molar-refractivity contribution in [3.05, 3.63) is 53.8 Å². The highest BCUT2D eigenvalue weighted by molar-refractivity contribution is 7.89. The normalized spacial score (nSPS) is 21.6. The van der Waals surface area contributed by atoms with Gasteiger partial charge in [0.1, 0.15) is 18.2 Å². The van der Waals surface area contributed by atoms with Crippen LogP contribution in [0.25, 0.3) is 11.1 Å². The van der Waals surface area contributed by atoms with Crippen molar-refractivity contribution in [2.24, 2.45) is 5.41 Å². The van der Waals surface area contributed by atoms with Gasteiger partial charge in [0.05, 0.1) is 0 Å². The smallest absolute Gasteiger partial charge is 0.350 e. The summed E-state index contributed by atoms with van der Waals surface area (Å²) in [6, 6.07) is 11.0. The van der Waals surface area contributed by atoms with Crippen molar-refractivity contribution in [1.29, 1.82) is 0 Å². The van der Waals surface area contributed by atoms with Gasteiger partial charge in [-0.25, -0.2) is 17.5 Å². The molecule has 2 atom stereocenters. The minimum Gasteiger partial charge on any atom is -0.492 e. The molecule has 2 fully saturated rings. The van der Waals surface area contributed by atoms with Crippen molar-refractivity contribution in [1.82, 2.24) is 15.4 Å². The third kappa shape index (κ3) is 5.03. The van der Waals surface area contributed by atoms with Crippen molar-refractivity contribution in [2.45, 2.75) is 37.1 Å². The van der Waals surface area contributed by atoms with Crippen molar-refractivity contribution in [3.63, 3.8) is 0 Å². The number of ether oxygens (including phenoxy) is 1. The van der Waals surface area contributed by atoms with E-state index in [-0.39, 0.29) is 11.8 Å². The molecule has 10 heteroatoms. The molecule has 1 spiro atoms. The summed E-state index contributed by atoms with van der Waals surface area (Å²) in [6.45, 7) is 1.58. The van der Waals surface area contributed by atoms with E-state index in [0.717, 1.165) is 12.8 Å². The molecular formula is C23H28F3N3O3S. The molecule has 1 aliphatic heterocycles. The minimum absolute atomic E-state index is 0.167. The maximum atomic E-state index is 15.6. The number of nitrogens with one attached hydrogen (secondary N) is 3. The van der Waals surface area contributed by atoms with Crippen LogP contribution in [0.5, 0.6) is 5.75 Å². The molecule has 1 heterocycles. The van der Waals surface area contributed by atoms with Gasteiger partial charge in [-0.15, -0.1) is 0 Å². The van der Waals surface area contributed by atoms with Crippen LogP contribution >= 0.6 is 0 Å². The number of hydrogen-bond donors (Lipinski definition) is 3. The Labute approximate surface area is 192 Å². The fourth-order valence-electron chi connectivity index (χ4n) is 4.52. The van der Waals surface area contributed by atoms with Crippen molar-refractivity contribution >= 4 is 10.0 Å². The minimum atomic E-state index is -4.75. The summed E-state index contributed by atoms with van der Waals surface area (Å²) in [4.78, 5) is 0. The fraction of sp³-hybridized carbons (Fsp3) is 0.478. The highest BCUT2D eigenvalue weighted by Gasteiger charge is 2.57. The predicted molar refractivity (Wildman–Crippen MR) is 120 cm³/mol. The molecule has 4 rings (SSSR count). The molecule has 0 radical (unpaired) electrons. The van der Waals surface area contributed by atoms with Gasteiger partial charge in [-0.2, -0.15) is 8.78 Å². The van der Waals surface area contributed by atoms with Gasteiger partial charge in [-0.1, -0.05) is 36.4 Å². The molecule has 33 heavy (non-hydrogen) atoms. The largest absolute Gasteiger partial charge is 0.492 e. The first kappa shape index (κ1) is 24.0. The highest BCUT2D eigenvalue weighted by Crippen LogP contribution is 2.52. The summed E-state index contributed by atoms with van der Waals surface area (Å²) in [5.41, 5.74) is 0.986. The zero-order valence-electron chi connectivity index (χ0n) is 18.3. The quantitative estimate of drug-likeness (QED) is 0.453. The molecule has 2 aliphatic rings. The van der Waals surface area contributed by atoms with E-state index in [4.69, 9.17) is 4.74 Å². The number of likely N-dealkylation sites (N-methyl/N-ethyl adjacent to an activating group) is 1. The summed E-state index contributed by atoms with van der Waals surface area (Å²) in [6.07, 6.45) is 1.65. The second-order valence-corrected chi connectivity index (χ2v) is 10.4. The Morgan fingerprint density at radius 3 is 2.58 bits per heavy atom. The van der Waals surface area contributed by atoms with Crippen LogP contribution in [0.4, 0.5) is 13.2 Å². The van der Waals surface area contributed by atoms with Gasteiger partial charge in [0.2, 0.25) is 0 Å². The molecule has 2 aromatic rings. The molecule has 1 saturated carbocycles. The van der Waals surface area contributed by atoms with E-state index < -0.39 is 33.7 Å². The van der Waals surface area contributed by atoms with E-state index in [1.165, 1.54) is 0 Å². The monoisotopic (exact) mass is 483 g/mol. The summed E-state index contributed by atoms with van der Waals surface area (Å²) < 4.78 is 73.4. The Bertz CT molecular complexity index is 1090. The first-order chi connectivity index (χ1) is 15.8. The first-order valence-electron chi connectivity index (χ1n) is 10.9. The molecule has 6 nitrogen and oxygen atoms in total. The number of benzene rings is 2.